The Bertz CT molecular complexity index is 1100. The standard InChI is InChI=1S/C17H16Br2N6O4S/c1-20-30(26,27)25-15-14(11-2-4-12(18)5-3-11)16(24-10-23-15)28-6-7-29-17-21-8-13(19)9-22-17/h2-5,8-10,20H,6-7H2,1H3,(H,23,24,25). The summed E-state index contributed by atoms with van der Waals surface area (Å²) in [7, 11) is -2.50. The van der Waals surface area contributed by atoms with Gasteiger partial charge in [0, 0.05) is 23.9 Å². The molecule has 30 heavy (non-hydrogen) atoms. The molecule has 0 unspecified atom stereocenters. The normalized spacial score (nSPS) is 11.2. The Hall–Kier alpha value is -2.35. The first kappa shape index (κ1) is 22.3. The fourth-order valence-corrected chi connectivity index (χ4v) is 3.24. The van der Waals surface area contributed by atoms with Crippen molar-refractivity contribution in [2.24, 2.45) is 0 Å². The summed E-state index contributed by atoms with van der Waals surface area (Å²) in [4.78, 5) is 16.2. The molecule has 158 valence electrons. The van der Waals surface area contributed by atoms with Gasteiger partial charge in [-0.15, -0.1) is 0 Å². The SMILES string of the molecule is CNS(=O)(=O)Nc1ncnc(OCCOc2ncc(Br)cn2)c1-c1ccc(Br)cc1. The van der Waals surface area contributed by atoms with E-state index in [1.807, 2.05) is 12.1 Å². The molecule has 0 aliphatic heterocycles. The van der Waals surface area contributed by atoms with Crippen LogP contribution in [0.5, 0.6) is 11.9 Å². The van der Waals surface area contributed by atoms with Crippen LogP contribution in [0.3, 0.4) is 0 Å². The zero-order valence-corrected chi connectivity index (χ0v) is 19.5. The highest BCUT2D eigenvalue weighted by molar-refractivity contribution is 9.10. The third kappa shape index (κ3) is 6.08. The molecule has 0 atom stereocenters. The minimum atomic E-state index is -3.79. The van der Waals surface area contributed by atoms with Crippen LogP contribution < -0.4 is 18.9 Å². The van der Waals surface area contributed by atoms with Gasteiger partial charge in [-0.25, -0.2) is 24.7 Å². The number of benzene rings is 1. The number of ether oxygens (including phenoxy) is 2. The molecule has 0 saturated carbocycles. The van der Waals surface area contributed by atoms with Crippen LogP contribution >= 0.6 is 31.9 Å². The van der Waals surface area contributed by atoms with Crippen LogP contribution in [0.25, 0.3) is 11.1 Å². The topological polar surface area (TPSA) is 128 Å². The van der Waals surface area contributed by atoms with Crippen molar-refractivity contribution in [3.63, 3.8) is 0 Å². The van der Waals surface area contributed by atoms with Crippen LogP contribution in [0.1, 0.15) is 0 Å². The molecular weight excluding hydrogens is 544 g/mol. The molecule has 0 bridgehead atoms. The van der Waals surface area contributed by atoms with Gasteiger partial charge in [-0.2, -0.15) is 8.42 Å². The third-order valence-electron chi connectivity index (χ3n) is 3.60. The summed E-state index contributed by atoms with van der Waals surface area (Å²) in [6, 6.07) is 7.42. The number of halogens is 2. The smallest absolute Gasteiger partial charge is 0.316 e. The summed E-state index contributed by atoms with van der Waals surface area (Å²) in [6.45, 7) is 0.279. The molecule has 0 radical (unpaired) electrons. The van der Waals surface area contributed by atoms with Gasteiger partial charge in [0.15, 0.2) is 5.82 Å². The molecule has 2 N–H and O–H groups in total. The number of hydrogen-bond acceptors (Lipinski definition) is 8. The Balaban J connectivity index is 1.81. The quantitative estimate of drug-likeness (QED) is 0.383. The number of nitrogens with zero attached hydrogens (tertiary/aromatic N) is 4. The van der Waals surface area contributed by atoms with Gasteiger partial charge in [-0.3, -0.25) is 4.72 Å². The molecule has 0 aliphatic carbocycles. The minimum Gasteiger partial charge on any atom is -0.473 e. The maximum atomic E-state index is 12.0. The highest BCUT2D eigenvalue weighted by Crippen LogP contribution is 2.34. The Morgan fingerprint density at radius 3 is 2.27 bits per heavy atom. The molecule has 1 aromatic carbocycles. The minimum absolute atomic E-state index is 0.0776. The van der Waals surface area contributed by atoms with Gasteiger partial charge >= 0.3 is 6.01 Å². The fraction of sp³-hybridized carbons (Fsp3) is 0.176. The van der Waals surface area contributed by atoms with Crippen molar-refractivity contribution in [1.82, 2.24) is 24.7 Å². The molecule has 2 heterocycles. The van der Waals surface area contributed by atoms with E-state index in [1.54, 1.807) is 24.5 Å². The van der Waals surface area contributed by atoms with E-state index in [0.29, 0.717) is 11.1 Å². The zero-order chi connectivity index (χ0) is 21.6. The molecule has 0 aliphatic rings. The average molecular weight is 560 g/mol. The van der Waals surface area contributed by atoms with Gasteiger partial charge in [-0.1, -0.05) is 28.1 Å². The second kappa shape index (κ2) is 10.1. The van der Waals surface area contributed by atoms with Crippen molar-refractivity contribution in [3.8, 4) is 23.0 Å². The summed E-state index contributed by atoms with van der Waals surface area (Å²) in [5.74, 6) is 0.273. The fourth-order valence-electron chi connectivity index (χ4n) is 2.26. The van der Waals surface area contributed by atoms with Crippen molar-refractivity contribution in [2.45, 2.75) is 0 Å². The number of nitrogens with one attached hydrogen (secondary N) is 2. The van der Waals surface area contributed by atoms with E-state index in [9.17, 15) is 8.42 Å². The first-order chi connectivity index (χ1) is 14.4. The second-order valence-corrected chi connectivity index (χ2v) is 9.05. The monoisotopic (exact) mass is 558 g/mol. The first-order valence-corrected chi connectivity index (χ1v) is 11.5. The van der Waals surface area contributed by atoms with Crippen LogP contribution in [-0.2, 0) is 10.2 Å². The Morgan fingerprint density at radius 1 is 0.933 bits per heavy atom. The molecular formula is C17H16Br2N6O4S. The Kier molecular flexibility index (Phi) is 7.53. The molecule has 2 aromatic heterocycles. The molecule has 0 saturated heterocycles. The summed E-state index contributed by atoms with van der Waals surface area (Å²) in [6.07, 6.45) is 4.35. The summed E-state index contributed by atoms with van der Waals surface area (Å²) in [5.41, 5.74) is 1.06. The molecule has 3 aromatic rings. The summed E-state index contributed by atoms with van der Waals surface area (Å²) in [5, 5.41) is 0. The van der Waals surface area contributed by atoms with Gasteiger partial charge in [0.05, 0.1) is 10.0 Å². The van der Waals surface area contributed by atoms with Crippen molar-refractivity contribution >= 4 is 47.9 Å². The first-order valence-electron chi connectivity index (χ1n) is 8.43. The van der Waals surface area contributed by atoms with Crippen molar-refractivity contribution in [3.05, 3.63) is 51.9 Å². The van der Waals surface area contributed by atoms with Crippen LogP contribution in [0.15, 0.2) is 51.9 Å². The van der Waals surface area contributed by atoms with Gasteiger partial charge in [0.25, 0.3) is 10.2 Å². The van der Waals surface area contributed by atoms with E-state index in [0.717, 1.165) is 8.95 Å². The average Bonchev–Trinajstić information content (AvgIpc) is 2.73. The predicted molar refractivity (Wildman–Crippen MR) is 117 cm³/mol. The van der Waals surface area contributed by atoms with Gasteiger partial charge in [-0.05, 0) is 33.6 Å². The lowest BCUT2D eigenvalue weighted by Gasteiger charge is -2.15. The summed E-state index contributed by atoms with van der Waals surface area (Å²) >= 11 is 6.63. The number of anilines is 1. The number of rotatable bonds is 9. The van der Waals surface area contributed by atoms with Gasteiger partial charge < -0.3 is 9.47 Å². The highest BCUT2D eigenvalue weighted by Gasteiger charge is 2.19. The van der Waals surface area contributed by atoms with E-state index >= 15 is 0 Å². The molecule has 10 nitrogen and oxygen atoms in total. The highest BCUT2D eigenvalue weighted by atomic mass is 79.9. The van der Waals surface area contributed by atoms with E-state index in [1.165, 1.54) is 13.4 Å². The van der Waals surface area contributed by atoms with E-state index < -0.39 is 10.2 Å². The predicted octanol–water partition coefficient (Wildman–Crippen LogP) is 2.79. The molecule has 13 heteroatoms. The maximum Gasteiger partial charge on any atom is 0.316 e. The zero-order valence-electron chi connectivity index (χ0n) is 15.5. The largest absolute Gasteiger partial charge is 0.473 e. The second-order valence-electron chi connectivity index (χ2n) is 5.60. The Labute approximate surface area is 189 Å². The van der Waals surface area contributed by atoms with Gasteiger partial charge in [0.2, 0.25) is 5.88 Å². The van der Waals surface area contributed by atoms with Crippen LogP contribution in [0.2, 0.25) is 0 Å². The lowest BCUT2D eigenvalue weighted by atomic mass is 10.1. The third-order valence-corrected chi connectivity index (χ3v) is 5.53. The lowest BCUT2D eigenvalue weighted by molar-refractivity contribution is 0.202. The van der Waals surface area contributed by atoms with Crippen molar-refractivity contribution < 1.29 is 17.9 Å². The maximum absolute atomic E-state index is 12.0. The van der Waals surface area contributed by atoms with Crippen molar-refractivity contribution in [2.75, 3.05) is 25.0 Å². The van der Waals surface area contributed by atoms with Crippen molar-refractivity contribution in [1.29, 1.82) is 0 Å². The number of aromatic nitrogens is 4. The van der Waals surface area contributed by atoms with Crippen LogP contribution in [0, 0.1) is 0 Å². The molecule has 3 rings (SSSR count). The van der Waals surface area contributed by atoms with E-state index in [4.69, 9.17) is 9.47 Å². The summed E-state index contributed by atoms with van der Waals surface area (Å²) < 4.78 is 41.3. The van der Waals surface area contributed by atoms with E-state index in [-0.39, 0.29) is 30.9 Å². The van der Waals surface area contributed by atoms with E-state index in [2.05, 4.69) is 61.2 Å². The number of hydrogen-bond donors (Lipinski definition) is 2. The Morgan fingerprint density at radius 2 is 1.60 bits per heavy atom. The van der Waals surface area contributed by atoms with Crippen LogP contribution in [-0.4, -0.2) is 48.6 Å². The lowest BCUT2D eigenvalue weighted by Crippen LogP contribution is -2.27. The molecule has 0 spiro atoms. The van der Waals surface area contributed by atoms with Crippen LogP contribution in [0.4, 0.5) is 5.82 Å². The molecule has 0 fully saturated rings. The molecule has 0 amide bonds. The van der Waals surface area contributed by atoms with Gasteiger partial charge in [0.1, 0.15) is 19.5 Å².